The molecule has 3 heterocycles. The molecule has 8 heteroatoms. The molecule has 144 valence electrons. The molecule has 0 radical (unpaired) electrons. The van der Waals surface area contributed by atoms with Crippen LogP contribution in [0.3, 0.4) is 0 Å². The van der Waals surface area contributed by atoms with Crippen LogP contribution in [0.1, 0.15) is 12.8 Å². The van der Waals surface area contributed by atoms with Crippen LogP contribution < -0.4 is 5.32 Å². The van der Waals surface area contributed by atoms with Gasteiger partial charge in [0.1, 0.15) is 5.82 Å². The third-order valence-electron chi connectivity index (χ3n) is 5.27. The molecule has 0 amide bonds. The van der Waals surface area contributed by atoms with Gasteiger partial charge in [-0.05, 0) is 62.2 Å². The van der Waals surface area contributed by atoms with Crippen LogP contribution in [0.4, 0.5) is 4.39 Å². The maximum atomic E-state index is 13.2. The fourth-order valence-electron chi connectivity index (χ4n) is 3.82. The van der Waals surface area contributed by atoms with E-state index in [0.717, 1.165) is 38.2 Å². The largest absolute Gasteiger partial charge is 0.364 e. The first-order valence-electron chi connectivity index (χ1n) is 8.99. The standard InChI is InChI=1S/C19H21ClFN3O2S/c20-24-10-7-17-18(12-24)23(11-14-5-8-22-9-6-14)13-19(17)27(25,26)16-3-1-15(21)2-4-16/h1-4,7,10,12,14,22H,5-6,8-9,11,13H2. The smallest absolute Gasteiger partial charge is 0.205 e. The average Bonchev–Trinajstić information content (AvgIpc) is 3.01. The lowest BCUT2D eigenvalue weighted by molar-refractivity contribution is 0.270. The zero-order valence-electron chi connectivity index (χ0n) is 14.7. The maximum absolute atomic E-state index is 13.2. The van der Waals surface area contributed by atoms with E-state index in [-0.39, 0.29) is 4.90 Å². The van der Waals surface area contributed by atoms with Crippen LogP contribution in [0.2, 0.25) is 0 Å². The molecule has 0 unspecified atom stereocenters. The summed E-state index contributed by atoms with van der Waals surface area (Å²) in [5.41, 5.74) is 1.50. The van der Waals surface area contributed by atoms with Crippen molar-refractivity contribution < 1.29 is 12.8 Å². The summed E-state index contributed by atoms with van der Waals surface area (Å²) in [7, 11) is -3.71. The number of allylic oxidation sites excluding steroid dienone is 1. The molecule has 0 aliphatic carbocycles. The van der Waals surface area contributed by atoms with E-state index in [2.05, 4.69) is 10.2 Å². The normalized spacial score (nSPS) is 20.9. The van der Waals surface area contributed by atoms with Gasteiger partial charge in [0, 0.05) is 36.3 Å². The fraction of sp³-hybridized carbons (Fsp3) is 0.368. The molecule has 0 spiro atoms. The van der Waals surface area contributed by atoms with E-state index in [1.807, 2.05) is 0 Å². The summed E-state index contributed by atoms with van der Waals surface area (Å²) in [5, 5.41) is 3.35. The molecule has 1 N–H and O–H groups in total. The number of rotatable bonds is 4. The van der Waals surface area contributed by atoms with E-state index in [4.69, 9.17) is 11.8 Å². The molecule has 3 aliphatic rings. The number of piperidine rings is 1. The van der Waals surface area contributed by atoms with Gasteiger partial charge in [0.25, 0.3) is 0 Å². The van der Waals surface area contributed by atoms with Gasteiger partial charge in [-0.15, -0.1) is 0 Å². The molecule has 1 aromatic carbocycles. The van der Waals surface area contributed by atoms with E-state index >= 15 is 0 Å². The number of sulfone groups is 1. The highest BCUT2D eigenvalue weighted by Crippen LogP contribution is 2.38. The molecule has 5 nitrogen and oxygen atoms in total. The van der Waals surface area contributed by atoms with Gasteiger partial charge in [0.2, 0.25) is 9.84 Å². The second-order valence-electron chi connectivity index (χ2n) is 7.04. The highest BCUT2D eigenvalue weighted by molar-refractivity contribution is 7.95. The molecule has 1 fully saturated rings. The number of benzene rings is 1. The topological polar surface area (TPSA) is 52.7 Å². The Morgan fingerprint density at radius 2 is 1.89 bits per heavy atom. The van der Waals surface area contributed by atoms with Gasteiger partial charge in [-0.3, -0.25) is 4.42 Å². The monoisotopic (exact) mass is 409 g/mol. The fourth-order valence-corrected chi connectivity index (χ4v) is 5.53. The van der Waals surface area contributed by atoms with E-state index in [1.165, 1.54) is 28.7 Å². The lowest BCUT2D eigenvalue weighted by Gasteiger charge is -2.30. The molecule has 4 rings (SSSR count). The zero-order valence-corrected chi connectivity index (χ0v) is 16.3. The van der Waals surface area contributed by atoms with Crippen molar-refractivity contribution in [3.05, 3.63) is 64.7 Å². The van der Waals surface area contributed by atoms with Gasteiger partial charge in [-0.25, -0.2) is 12.8 Å². The Labute approximate surface area is 163 Å². The van der Waals surface area contributed by atoms with Crippen molar-refractivity contribution in [3.8, 4) is 0 Å². The van der Waals surface area contributed by atoms with Crippen molar-refractivity contribution in [2.45, 2.75) is 17.7 Å². The van der Waals surface area contributed by atoms with E-state index in [9.17, 15) is 12.8 Å². The van der Waals surface area contributed by atoms with Gasteiger partial charge < -0.3 is 10.2 Å². The molecule has 0 aromatic heterocycles. The van der Waals surface area contributed by atoms with Crippen molar-refractivity contribution in [3.63, 3.8) is 0 Å². The first kappa shape index (κ1) is 18.5. The number of nitrogens with zero attached hydrogens (tertiary/aromatic N) is 2. The van der Waals surface area contributed by atoms with Crippen LogP contribution in [-0.4, -0.2) is 43.9 Å². The van der Waals surface area contributed by atoms with Crippen LogP contribution in [0.25, 0.3) is 0 Å². The van der Waals surface area contributed by atoms with Gasteiger partial charge in [-0.1, -0.05) is 0 Å². The molecule has 0 atom stereocenters. The average molecular weight is 410 g/mol. The van der Waals surface area contributed by atoms with Crippen molar-refractivity contribution >= 4 is 21.6 Å². The quantitative estimate of drug-likeness (QED) is 0.612. The number of nitrogens with one attached hydrogen (secondary N) is 1. The van der Waals surface area contributed by atoms with Crippen LogP contribution in [0.5, 0.6) is 0 Å². The minimum atomic E-state index is -3.71. The Morgan fingerprint density at radius 3 is 2.59 bits per heavy atom. The molecule has 3 aliphatic heterocycles. The first-order chi connectivity index (χ1) is 12.9. The summed E-state index contributed by atoms with van der Waals surface area (Å²) >= 11 is 6.11. The number of halogens is 2. The van der Waals surface area contributed by atoms with Gasteiger partial charge >= 0.3 is 0 Å². The van der Waals surface area contributed by atoms with Crippen LogP contribution >= 0.6 is 11.8 Å². The summed E-state index contributed by atoms with van der Waals surface area (Å²) < 4.78 is 41.0. The Bertz CT molecular complexity index is 919. The summed E-state index contributed by atoms with van der Waals surface area (Å²) in [5.74, 6) is 0.0532. The van der Waals surface area contributed by atoms with E-state index in [1.54, 1.807) is 18.5 Å². The lowest BCUT2D eigenvalue weighted by Crippen LogP contribution is -2.35. The van der Waals surface area contributed by atoms with Crippen molar-refractivity contribution in [2.75, 3.05) is 26.2 Å². The molecule has 1 saturated heterocycles. The molecule has 0 saturated carbocycles. The summed E-state index contributed by atoms with van der Waals surface area (Å²) in [6, 6.07) is 4.98. The van der Waals surface area contributed by atoms with Gasteiger partial charge in [0.05, 0.1) is 22.0 Å². The number of hydrogen-bond donors (Lipinski definition) is 1. The van der Waals surface area contributed by atoms with Crippen molar-refractivity contribution in [1.29, 1.82) is 0 Å². The highest BCUT2D eigenvalue weighted by atomic mass is 35.5. The molecular formula is C19H21ClFN3O2S. The lowest BCUT2D eigenvalue weighted by atomic mass is 9.97. The molecule has 0 bridgehead atoms. The summed E-state index contributed by atoms with van der Waals surface area (Å²) in [4.78, 5) is 2.55. The third-order valence-corrected chi connectivity index (χ3v) is 7.37. The number of hydrogen-bond acceptors (Lipinski definition) is 5. The second-order valence-corrected chi connectivity index (χ2v) is 9.40. The minimum absolute atomic E-state index is 0.108. The minimum Gasteiger partial charge on any atom is -0.364 e. The number of fused-ring (bicyclic) bond motifs is 1. The second kappa shape index (κ2) is 7.30. The van der Waals surface area contributed by atoms with Gasteiger partial charge in [-0.2, -0.15) is 0 Å². The van der Waals surface area contributed by atoms with E-state index in [0.29, 0.717) is 22.9 Å². The SMILES string of the molecule is O=S(=O)(C1=C2C=CN(Cl)C=C2N(CC2CCNCC2)C1)c1ccc(F)cc1. The Hall–Kier alpha value is -1.83. The van der Waals surface area contributed by atoms with E-state index < -0.39 is 15.7 Å². The first-order valence-corrected chi connectivity index (χ1v) is 10.8. The molecule has 27 heavy (non-hydrogen) atoms. The van der Waals surface area contributed by atoms with Crippen LogP contribution in [-0.2, 0) is 9.84 Å². The zero-order chi connectivity index (χ0) is 19.0. The summed E-state index contributed by atoms with van der Waals surface area (Å²) in [6.07, 6.45) is 7.26. The van der Waals surface area contributed by atoms with Crippen molar-refractivity contribution in [2.24, 2.45) is 5.92 Å². The third kappa shape index (κ3) is 3.63. The predicted molar refractivity (Wildman–Crippen MR) is 103 cm³/mol. The van der Waals surface area contributed by atoms with Gasteiger partial charge in [0.15, 0.2) is 0 Å². The van der Waals surface area contributed by atoms with Crippen LogP contribution in [0.15, 0.2) is 63.8 Å². The maximum Gasteiger partial charge on any atom is 0.205 e. The molecular weight excluding hydrogens is 389 g/mol. The Balaban J connectivity index is 1.67. The predicted octanol–water partition coefficient (Wildman–Crippen LogP) is 2.99. The highest BCUT2D eigenvalue weighted by Gasteiger charge is 2.36. The Morgan fingerprint density at radius 1 is 1.19 bits per heavy atom. The summed E-state index contributed by atoms with van der Waals surface area (Å²) in [6.45, 7) is 3.07. The van der Waals surface area contributed by atoms with Crippen molar-refractivity contribution in [1.82, 2.24) is 14.6 Å². The Kier molecular flexibility index (Phi) is 5.01. The molecule has 1 aromatic rings. The van der Waals surface area contributed by atoms with Crippen LogP contribution in [0, 0.1) is 11.7 Å².